The Morgan fingerprint density at radius 2 is 2.29 bits per heavy atom. The van der Waals surface area contributed by atoms with Crippen molar-refractivity contribution in [2.75, 3.05) is 0 Å². The number of aromatic nitrogens is 2. The first-order valence-corrected chi connectivity index (χ1v) is 4.49. The van der Waals surface area contributed by atoms with Gasteiger partial charge in [-0.3, -0.25) is 0 Å². The Morgan fingerprint density at radius 3 is 3.00 bits per heavy atom. The minimum absolute atomic E-state index is 0.303. The Hall–Kier alpha value is -1.71. The summed E-state index contributed by atoms with van der Waals surface area (Å²) in [5, 5.41) is 2.99. The normalized spacial score (nSPS) is 13.0. The lowest BCUT2D eigenvalue weighted by atomic mass is 10.1. The van der Waals surface area contributed by atoms with Gasteiger partial charge >= 0.3 is 0 Å². The molecule has 72 valence electrons. The molecular formula is C10H11N3O. The minimum Gasteiger partial charge on any atom is -0.342 e. The summed E-state index contributed by atoms with van der Waals surface area (Å²) >= 11 is 0. The van der Waals surface area contributed by atoms with Crippen molar-refractivity contribution in [2.45, 2.75) is 19.9 Å². The van der Waals surface area contributed by atoms with Crippen molar-refractivity contribution < 1.29 is 0 Å². The summed E-state index contributed by atoms with van der Waals surface area (Å²) in [6.07, 6.45) is 0. The predicted molar refractivity (Wildman–Crippen MR) is 55.0 cm³/mol. The van der Waals surface area contributed by atoms with Crippen molar-refractivity contribution in [1.82, 2.24) is 9.97 Å². The summed E-state index contributed by atoms with van der Waals surface area (Å²) in [7, 11) is 0. The maximum absolute atomic E-state index is 10.4. The van der Waals surface area contributed by atoms with E-state index in [1.54, 1.807) is 6.92 Å². The van der Waals surface area contributed by atoms with Gasteiger partial charge in [0.15, 0.2) is 0 Å². The number of H-pyrrole nitrogens is 1. The number of aromatic amines is 1. The molecule has 0 radical (unpaired) electrons. The molecule has 1 aromatic carbocycles. The number of imidazole rings is 1. The van der Waals surface area contributed by atoms with Gasteiger partial charge in [0.25, 0.3) is 0 Å². The minimum atomic E-state index is -0.303. The van der Waals surface area contributed by atoms with E-state index in [1.165, 1.54) is 0 Å². The number of nitroso groups, excluding NO2 is 1. The first-order chi connectivity index (χ1) is 6.70. The number of rotatable bonds is 2. The lowest BCUT2D eigenvalue weighted by molar-refractivity contribution is 0.813. The second-order valence-electron chi connectivity index (χ2n) is 3.38. The summed E-state index contributed by atoms with van der Waals surface area (Å²) in [5.74, 6) is 0.879. The molecule has 0 aliphatic carbocycles. The molecule has 14 heavy (non-hydrogen) atoms. The van der Waals surface area contributed by atoms with Gasteiger partial charge in [-0.1, -0.05) is 11.2 Å². The van der Waals surface area contributed by atoms with E-state index < -0.39 is 0 Å². The van der Waals surface area contributed by atoms with Gasteiger partial charge in [-0.15, -0.1) is 0 Å². The van der Waals surface area contributed by atoms with Gasteiger partial charge in [0, 0.05) is 0 Å². The summed E-state index contributed by atoms with van der Waals surface area (Å²) in [6, 6.07) is 5.40. The standard InChI is InChI=1S/C10H11N3O/c1-6(13-14)8-3-4-9-10(5-8)12-7(2)11-9/h3-6H,1-2H3,(H,11,12). The summed E-state index contributed by atoms with van der Waals surface area (Å²) in [4.78, 5) is 17.8. The van der Waals surface area contributed by atoms with Crippen molar-refractivity contribution in [3.05, 3.63) is 34.5 Å². The third kappa shape index (κ3) is 1.39. The zero-order chi connectivity index (χ0) is 10.1. The molecule has 1 N–H and O–H groups in total. The van der Waals surface area contributed by atoms with E-state index in [-0.39, 0.29) is 6.04 Å². The second kappa shape index (κ2) is 3.21. The van der Waals surface area contributed by atoms with Crippen molar-refractivity contribution in [3.63, 3.8) is 0 Å². The van der Waals surface area contributed by atoms with Crippen molar-refractivity contribution in [2.24, 2.45) is 5.18 Å². The van der Waals surface area contributed by atoms with Gasteiger partial charge in [-0.05, 0) is 31.5 Å². The van der Waals surface area contributed by atoms with Crippen LogP contribution < -0.4 is 0 Å². The number of hydrogen-bond donors (Lipinski definition) is 1. The van der Waals surface area contributed by atoms with Crippen LogP contribution in [0.1, 0.15) is 24.4 Å². The fourth-order valence-electron chi connectivity index (χ4n) is 1.48. The number of hydrogen-bond acceptors (Lipinski definition) is 3. The molecule has 2 rings (SSSR count). The Morgan fingerprint density at radius 1 is 1.50 bits per heavy atom. The third-order valence-electron chi connectivity index (χ3n) is 2.26. The molecule has 0 aliphatic rings. The largest absolute Gasteiger partial charge is 0.342 e. The zero-order valence-electron chi connectivity index (χ0n) is 8.11. The molecule has 1 aromatic heterocycles. The van der Waals surface area contributed by atoms with Crippen LogP contribution in [0.4, 0.5) is 0 Å². The predicted octanol–water partition coefficient (Wildman–Crippen LogP) is 2.70. The third-order valence-corrected chi connectivity index (χ3v) is 2.26. The van der Waals surface area contributed by atoms with Crippen LogP contribution in [-0.2, 0) is 0 Å². The van der Waals surface area contributed by atoms with Crippen LogP contribution in [0.25, 0.3) is 11.0 Å². The van der Waals surface area contributed by atoms with Gasteiger partial charge in [0.05, 0.1) is 11.0 Å². The average molecular weight is 189 g/mol. The smallest absolute Gasteiger partial charge is 0.114 e. The molecule has 4 nitrogen and oxygen atoms in total. The lowest BCUT2D eigenvalue weighted by Gasteiger charge is -2.01. The molecule has 0 aliphatic heterocycles. The molecule has 0 bridgehead atoms. The van der Waals surface area contributed by atoms with Crippen LogP contribution in [0.15, 0.2) is 23.4 Å². The number of aryl methyl sites for hydroxylation is 1. The topological polar surface area (TPSA) is 58.1 Å². The first kappa shape index (κ1) is 8.87. The number of nitrogens with zero attached hydrogens (tertiary/aromatic N) is 2. The highest BCUT2D eigenvalue weighted by atomic mass is 16.3. The van der Waals surface area contributed by atoms with Gasteiger partial charge in [0.2, 0.25) is 0 Å². The Balaban J connectivity index is 2.55. The average Bonchev–Trinajstić information content (AvgIpc) is 2.55. The number of nitrogens with one attached hydrogen (secondary N) is 1. The molecule has 2 aromatic rings. The summed E-state index contributed by atoms with van der Waals surface area (Å²) < 4.78 is 0. The van der Waals surface area contributed by atoms with Crippen molar-refractivity contribution >= 4 is 11.0 Å². The van der Waals surface area contributed by atoms with E-state index >= 15 is 0 Å². The van der Waals surface area contributed by atoms with Gasteiger partial charge in [-0.25, -0.2) is 4.98 Å². The maximum Gasteiger partial charge on any atom is 0.114 e. The van der Waals surface area contributed by atoms with E-state index in [0.717, 1.165) is 22.4 Å². The molecule has 0 amide bonds. The van der Waals surface area contributed by atoms with Gasteiger partial charge < -0.3 is 4.98 Å². The van der Waals surface area contributed by atoms with E-state index in [9.17, 15) is 4.91 Å². The van der Waals surface area contributed by atoms with Gasteiger partial charge in [0.1, 0.15) is 11.9 Å². The molecule has 0 spiro atoms. The molecule has 1 atom stereocenters. The molecule has 4 heteroatoms. The van der Waals surface area contributed by atoms with Gasteiger partial charge in [-0.2, -0.15) is 4.91 Å². The highest BCUT2D eigenvalue weighted by molar-refractivity contribution is 5.75. The van der Waals surface area contributed by atoms with E-state index in [0.29, 0.717) is 0 Å². The molecular weight excluding hydrogens is 178 g/mol. The fourth-order valence-corrected chi connectivity index (χ4v) is 1.48. The molecule has 1 unspecified atom stereocenters. The van der Waals surface area contributed by atoms with Crippen LogP contribution in [-0.4, -0.2) is 9.97 Å². The Bertz CT molecular complexity index is 475. The molecule has 0 saturated carbocycles. The second-order valence-corrected chi connectivity index (χ2v) is 3.38. The van der Waals surface area contributed by atoms with Crippen LogP contribution in [0, 0.1) is 11.8 Å². The quantitative estimate of drug-likeness (QED) is 0.738. The summed E-state index contributed by atoms with van der Waals surface area (Å²) in [6.45, 7) is 3.68. The van der Waals surface area contributed by atoms with Crippen LogP contribution in [0.3, 0.4) is 0 Å². The van der Waals surface area contributed by atoms with Crippen molar-refractivity contribution in [1.29, 1.82) is 0 Å². The SMILES string of the molecule is Cc1nc2ccc(C(C)N=O)cc2[nH]1. The van der Waals surface area contributed by atoms with Crippen LogP contribution >= 0.6 is 0 Å². The lowest BCUT2D eigenvalue weighted by Crippen LogP contribution is -1.87. The monoisotopic (exact) mass is 189 g/mol. The zero-order valence-corrected chi connectivity index (χ0v) is 8.11. The highest BCUT2D eigenvalue weighted by Crippen LogP contribution is 2.20. The maximum atomic E-state index is 10.4. The molecule has 0 saturated heterocycles. The Labute approximate surface area is 81.3 Å². The fraction of sp³-hybridized carbons (Fsp3) is 0.300. The van der Waals surface area contributed by atoms with Crippen molar-refractivity contribution in [3.8, 4) is 0 Å². The van der Waals surface area contributed by atoms with E-state index in [1.807, 2.05) is 25.1 Å². The highest BCUT2D eigenvalue weighted by Gasteiger charge is 2.06. The van der Waals surface area contributed by atoms with Crippen LogP contribution in [0.5, 0.6) is 0 Å². The molecule has 0 fully saturated rings. The summed E-state index contributed by atoms with van der Waals surface area (Å²) in [5.41, 5.74) is 2.79. The number of benzene rings is 1. The molecule has 1 heterocycles. The Kier molecular flexibility index (Phi) is 2.04. The van der Waals surface area contributed by atoms with E-state index in [2.05, 4.69) is 15.1 Å². The van der Waals surface area contributed by atoms with Crippen LogP contribution in [0.2, 0.25) is 0 Å². The first-order valence-electron chi connectivity index (χ1n) is 4.49. The number of fused-ring (bicyclic) bond motifs is 1. The van der Waals surface area contributed by atoms with E-state index in [4.69, 9.17) is 0 Å².